The van der Waals surface area contributed by atoms with E-state index in [2.05, 4.69) is 16.8 Å². The molecule has 0 saturated heterocycles. The highest BCUT2D eigenvalue weighted by Crippen LogP contribution is 2.28. The summed E-state index contributed by atoms with van der Waals surface area (Å²) >= 11 is 1.74. The molecule has 0 aromatic carbocycles. The van der Waals surface area contributed by atoms with E-state index in [9.17, 15) is 5.11 Å². The third-order valence-electron chi connectivity index (χ3n) is 2.70. The minimum absolute atomic E-state index is 0.0371. The lowest BCUT2D eigenvalue weighted by atomic mass is 9.98. The van der Waals surface area contributed by atoms with E-state index in [4.69, 9.17) is 0 Å². The van der Waals surface area contributed by atoms with Gasteiger partial charge in [0.25, 0.3) is 0 Å². The summed E-state index contributed by atoms with van der Waals surface area (Å²) in [4.78, 5) is 0. The molecule has 2 heteroatoms. The molecular formula is C10H14OS. The van der Waals surface area contributed by atoms with Crippen molar-refractivity contribution in [2.45, 2.75) is 31.8 Å². The van der Waals surface area contributed by atoms with Crippen LogP contribution in [0.3, 0.4) is 0 Å². The SMILES string of the molecule is OC1CCCC1Cc1ccsc1. The monoisotopic (exact) mass is 182 g/mol. The van der Waals surface area contributed by atoms with Gasteiger partial charge in [0.15, 0.2) is 0 Å². The van der Waals surface area contributed by atoms with E-state index >= 15 is 0 Å². The van der Waals surface area contributed by atoms with Gasteiger partial charge in [-0.15, -0.1) is 0 Å². The van der Waals surface area contributed by atoms with Crippen LogP contribution in [0.25, 0.3) is 0 Å². The molecule has 1 aliphatic carbocycles. The Kier molecular flexibility index (Phi) is 2.47. The maximum atomic E-state index is 9.59. The van der Waals surface area contributed by atoms with Crippen molar-refractivity contribution in [3.05, 3.63) is 22.4 Å². The summed E-state index contributed by atoms with van der Waals surface area (Å²) in [5.74, 6) is 0.527. The highest BCUT2D eigenvalue weighted by molar-refractivity contribution is 7.07. The minimum Gasteiger partial charge on any atom is -0.393 e. The molecule has 0 spiro atoms. The molecular weight excluding hydrogens is 168 g/mol. The van der Waals surface area contributed by atoms with E-state index in [1.165, 1.54) is 18.4 Å². The molecule has 0 amide bonds. The van der Waals surface area contributed by atoms with Crippen LogP contribution in [0.2, 0.25) is 0 Å². The molecule has 1 heterocycles. The van der Waals surface area contributed by atoms with Crippen molar-refractivity contribution in [2.24, 2.45) is 5.92 Å². The van der Waals surface area contributed by atoms with Crippen molar-refractivity contribution < 1.29 is 5.11 Å². The van der Waals surface area contributed by atoms with E-state index in [1.54, 1.807) is 11.3 Å². The number of rotatable bonds is 2. The van der Waals surface area contributed by atoms with Crippen LogP contribution >= 0.6 is 11.3 Å². The van der Waals surface area contributed by atoms with Gasteiger partial charge < -0.3 is 5.11 Å². The maximum absolute atomic E-state index is 9.59. The Labute approximate surface area is 77.0 Å². The van der Waals surface area contributed by atoms with Crippen LogP contribution in [0, 0.1) is 5.92 Å². The standard InChI is InChI=1S/C10H14OS/c11-10-3-1-2-9(10)6-8-4-5-12-7-8/h4-5,7,9-11H,1-3,6H2. The highest BCUT2D eigenvalue weighted by atomic mass is 32.1. The molecule has 1 aliphatic rings. The van der Waals surface area contributed by atoms with Gasteiger partial charge in [0, 0.05) is 0 Å². The Morgan fingerprint density at radius 2 is 2.42 bits per heavy atom. The average Bonchev–Trinajstić information content (AvgIpc) is 2.65. The van der Waals surface area contributed by atoms with Crippen molar-refractivity contribution in [3.63, 3.8) is 0 Å². The van der Waals surface area contributed by atoms with Gasteiger partial charge in [0.1, 0.15) is 0 Å². The zero-order valence-corrected chi connectivity index (χ0v) is 7.89. The first-order chi connectivity index (χ1) is 5.86. The number of hydrogen-bond donors (Lipinski definition) is 1. The summed E-state index contributed by atoms with van der Waals surface area (Å²) in [6, 6.07) is 2.16. The van der Waals surface area contributed by atoms with E-state index < -0.39 is 0 Å². The Bertz CT molecular complexity index is 230. The lowest BCUT2D eigenvalue weighted by Gasteiger charge is -2.12. The van der Waals surface area contributed by atoms with Crippen molar-refractivity contribution in [1.82, 2.24) is 0 Å². The van der Waals surface area contributed by atoms with Crippen LogP contribution in [0.4, 0.5) is 0 Å². The summed E-state index contributed by atoms with van der Waals surface area (Å²) in [7, 11) is 0. The molecule has 0 aliphatic heterocycles. The van der Waals surface area contributed by atoms with Gasteiger partial charge in [-0.3, -0.25) is 0 Å². The maximum Gasteiger partial charge on any atom is 0.0571 e. The predicted molar refractivity (Wildman–Crippen MR) is 51.4 cm³/mol. The van der Waals surface area contributed by atoms with Crippen LogP contribution in [0.5, 0.6) is 0 Å². The Balaban J connectivity index is 1.95. The molecule has 0 radical (unpaired) electrons. The zero-order chi connectivity index (χ0) is 8.39. The Hall–Kier alpha value is -0.340. The van der Waals surface area contributed by atoms with Crippen LogP contribution in [0.1, 0.15) is 24.8 Å². The van der Waals surface area contributed by atoms with Gasteiger partial charge in [-0.25, -0.2) is 0 Å². The number of aliphatic hydroxyl groups excluding tert-OH is 1. The van der Waals surface area contributed by atoms with Crippen LogP contribution in [0.15, 0.2) is 16.8 Å². The van der Waals surface area contributed by atoms with Gasteiger partial charge in [-0.05, 0) is 47.6 Å². The van der Waals surface area contributed by atoms with Crippen LogP contribution < -0.4 is 0 Å². The molecule has 1 aromatic rings. The number of aliphatic hydroxyl groups is 1. The minimum atomic E-state index is -0.0371. The molecule has 1 fully saturated rings. The van der Waals surface area contributed by atoms with Gasteiger partial charge in [0.05, 0.1) is 6.10 Å². The Morgan fingerprint density at radius 1 is 1.50 bits per heavy atom. The molecule has 2 unspecified atom stereocenters. The van der Waals surface area contributed by atoms with Crippen molar-refractivity contribution >= 4 is 11.3 Å². The molecule has 1 aromatic heterocycles. The fourth-order valence-corrected chi connectivity index (χ4v) is 2.65. The van der Waals surface area contributed by atoms with Gasteiger partial charge in [-0.1, -0.05) is 6.42 Å². The summed E-state index contributed by atoms with van der Waals surface area (Å²) in [6.07, 6.45) is 4.46. The summed E-state index contributed by atoms with van der Waals surface area (Å²) in [5.41, 5.74) is 1.39. The molecule has 1 saturated carbocycles. The fourth-order valence-electron chi connectivity index (χ4n) is 1.97. The van der Waals surface area contributed by atoms with E-state index in [0.717, 1.165) is 12.8 Å². The third kappa shape index (κ3) is 1.70. The van der Waals surface area contributed by atoms with E-state index in [0.29, 0.717) is 5.92 Å². The van der Waals surface area contributed by atoms with Crippen molar-refractivity contribution in [3.8, 4) is 0 Å². The van der Waals surface area contributed by atoms with Crippen molar-refractivity contribution in [2.75, 3.05) is 0 Å². The number of thiophene rings is 1. The largest absolute Gasteiger partial charge is 0.393 e. The first kappa shape index (κ1) is 8.27. The lowest BCUT2D eigenvalue weighted by Crippen LogP contribution is -2.14. The smallest absolute Gasteiger partial charge is 0.0571 e. The number of hydrogen-bond acceptors (Lipinski definition) is 2. The fraction of sp³-hybridized carbons (Fsp3) is 0.600. The quantitative estimate of drug-likeness (QED) is 0.745. The summed E-state index contributed by atoms with van der Waals surface area (Å²) in [5, 5.41) is 13.9. The third-order valence-corrected chi connectivity index (χ3v) is 3.43. The molecule has 2 rings (SSSR count). The van der Waals surface area contributed by atoms with Crippen LogP contribution in [-0.2, 0) is 6.42 Å². The second-order valence-electron chi connectivity index (χ2n) is 3.59. The molecule has 12 heavy (non-hydrogen) atoms. The highest BCUT2D eigenvalue weighted by Gasteiger charge is 2.24. The molecule has 0 bridgehead atoms. The average molecular weight is 182 g/mol. The van der Waals surface area contributed by atoms with Gasteiger partial charge in [0.2, 0.25) is 0 Å². The Morgan fingerprint density at radius 3 is 3.00 bits per heavy atom. The predicted octanol–water partition coefficient (Wildman–Crippen LogP) is 2.45. The topological polar surface area (TPSA) is 20.2 Å². The summed E-state index contributed by atoms with van der Waals surface area (Å²) < 4.78 is 0. The zero-order valence-electron chi connectivity index (χ0n) is 7.07. The second-order valence-corrected chi connectivity index (χ2v) is 4.37. The van der Waals surface area contributed by atoms with E-state index in [1.807, 2.05) is 0 Å². The second kappa shape index (κ2) is 3.58. The summed E-state index contributed by atoms with van der Waals surface area (Å²) in [6.45, 7) is 0. The first-order valence-corrected chi connectivity index (χ1v) is 5.49. The molecule has 2 atom stereocenters. The lowest BCUT2D eigenvalue weighted by molar-refractivity contribution is 0.133. The van der Waals surface area contributed by atoms with Gasteiger partial charge in [-0.2, -0.15) is 11.3 Å². The van der Waals surface area contributed by atoms with Crippen molar-refractivity contribution in [1.29, 1.82) is 0 Å². The van der Waals surface area contributed by atoms with Crippen LogP contribution in [-0.4, -0.2) is 11.2 Å². The normalized spacial score (nSPS) is 29.4. The molecule has 1 nitrogen and oxygen atoms in total. The molecule has 1 N–H and O–H groups in total. The van der Waals surface area contributed by atoms with Gasteiger partial charge >= 0.3 is 0 Å². The molecule has 66 valence electrons. The first-order valence-electron chi connectivity index (χ1n) is 4.55. The van der Waals surface area contributed by atoms with E-state index in [-0.39, 0.29) is 6.10 Å².